The van der Waals surface area contributed by atoms with Gasteiger partial charge in [-0.1, -0.05) is 24.3 Å². The molecule has 130 valence electrons. The molecule has 0 unspecified atom stereocenters. The molecule has 1 fully saturated rings. The smallest absolute Gasteiger partial charge is 0.253 e. The zero-order valence-electron chi connectivity index (χ0n) is 14.1. The highest BCUT2D eigenvalue weighted by molar-refractivity contribution is 5.94. The minimum absolute atomic E-state index is 0.148. The monoisotopic (exact) mass is 341 g/mol. The lowest BCUT2D eigenvalue weighted by Gasteiger charge is -2.44. The molecule has 4 nitrogen and oxygen atoms in total. The van der Waals surface area contributed by atoms with Crippen molar-refractivity contribution >= 4 is 5.91 Å². The summed E-state index contributed by atoms with van der Waals surface area (Å²) in [6, 6.07) is 12.5. The molecular formula is C20H20FNO3. The van der Waals surface area contributed by atoms with Crippen LogP contribution >= 0.6 is 0 Å². The lowest BCUT2D eigenvalue weighted by atomic mass is 10.00. The summed E-state index contributed by atoms with van der Waals surface area (Å²) in [4.78, 5) is 14.3. The highest BCUT2D eigenvalue weighted by Crippen LogP contribution is 2.37. The number of ether oxygens (including phenoxy) is 2. The number of aryl methyl sites for hydroxylation is 1. The molecule has 2 aliphatic heterocycles. The Labute approximate surface area is 146 Å². The van der Waals surface area contributed by atoms with Crippen LogP contribution in [-0.4, -0.2) is 29.7 Å². The molecule has 0 aliphatic carbocycles. The predicted molar refractivity (Wildman–Crippen MR) is 90.9 cm³/mol. The Balaban J connectivity index is 1.45. The third-order valence-electron chi connectivity index (χ3n) is 4.99. The van der Waals surface area contributed by atoms with Gasteiger partial charge in [0.2, 0.25) is 5.79 Å². The molecular weight excluding hydrogens is 321 g/mol. The van der Waals surface area contributed by atoms with Crippen LogP contribution in [0.1, 0.15) is 34.3 Å². The molecule has 2 aromatic rings. The van der Waals surface area contributed by atoms with Crippen LogP contribution in [0.25, 0.3) is 0 Å². The summed E-state index contributed by atoms with van der Waals surface area (Å²) in [5, 5.41) is 0. The topological polar surface area (TPSA) is 38.8 Å². The summed E-state index contributed by atoms with van der Waals surface area (Å²) in [7, 11) is 0. The average molecular weight is 341 g/mol. The van der Waals surface area contributed by atoms with E-state index >= 15 is 0 Å². The fraction of sp³-hybridized carbons (Fsp3) is 0.350. The number of amides is 1. The van der Waals surface area contributed by atoms with E-state index in [4.69, 9.17) is 9.47 Å². The van der Waals surface area contributed by atoms with Crippen molar-refractivity contribution in [3.63, 3.8) is 0 Å². The van der Waals surface area contributed by atoms with Crippen molar-refractivity contribution in [1.29, 1.82) is 0 Å². The molecule has 1 spiro atoms. The van der Waals surface area contributed by atoms with Gasteiger partial charge >= 0.3 is 0 Å². The number of benzene rings is 2. The molecule has 0 atom stereocenters. The minimum Gasteiger partial charge on any atom is -0.462 e. The van der Waals surface area contributed by atoms with Gasteiger partial charge in [0.05, 0.1) is 6.61 Å². The summed E-state index contributed by atoms with van der Waals surface area (Å²) < 4.78 is 25.8. The summed E-state index contributed by atoms with van der Waals surface area (Å²) in [5.74, 6) is -0.308. The molecule has 0 saturated carbocycles. The molecule has 4 rings (SSSR count). The number of likely N-dealkylation sites (tertiary alicyclic amines) is 1. The largest absolute Gasteiger partial charge is 0.462 e. The van der Waals surface area contributed by atoms with Crippen LogP contribution in [0.4, 0.5) is 4.39 Å². The van der Waals surface area contributed by atoms with E-state index < -0.39 is 5.79 Å². The summed E-state index contributed by atoms with van der Waals surface area (Å²) in [6.45, 7) is 3.25. The normalized spacial score (nSPS) is 18.6. The molecule has 25 heavy (non-hydrogen) atoms. The van der Waals surface area contributed by atoms with Gasteiger partial charge in [-0.05, 0) is 30.7 Å². The second-order valence-corrected chi connectivity index (χ2v) is 6.67. The van der Waals surface area contributed by atoms with Crippen molar-refractivity contribution in [2.45, 2.75) is 32.2 Å². The number of fused-ring (bicyclic) bond motifs is 1. The highest BCUT2D eigenvalue weighted by Gasteiger charge is 2.41. The number of piperidine rings is 1. The van der Waals surface area contributed by atoms with Crippen molar-refractivity contribution in [1.82, 2.24) is 4.90 Å². The quantitative estimate of drug-likeness (QED) is 0.794. The Morgan fingerprint density at radius 3 is 2.68 bits per heavy atom. The van der Waals surface area contributed by atoms with Crippen molar-refractivity contribution in [2.24, 2.45) is 0 Å². The lowest BCUT2D eigenvalue weighted by Crippen LogP contribution is -2.52. The van der Waals surface area contributed by atoms with Gasteiger partial charge in [0, 0.05) is 37.1 Å². The Bertz CT molecular complexity index is 812. The van der Waals surface area contributed by atoms with Crippen molar-refractivity contribution in [2.75, 3.05) is 13.1 Å². The van der Waals surface area contributed by atoms with Crippen LogP contribution in [0.3, 0.4) is 0 Å². The summed E-state index contributed by atoms with van der Waals surface area (Å²) in [6.07, 6.45) is 1.20. The van der Waals surface area contributed by atoms with Crippen LogP contribution < -0.4 is 4.74 Å². The molecule has 0 aromatic heterocycles. The van der Waals surface area contributed by atoms with E-state index in [1.165, 1.54) is 6.07 Å². The van der Waals surface area contributed by atoms with Crippen LogP contribution in [0.5, 0.6) is 5.75 Å². The molecule has 5 heteroatoms. The lowest BCUT2D eigenvalue weighted by molar-refractivity contribution is -0.225. The molecule has 1 amide bonds. The molecule has 2 aliphatic rings. The van der Waals surface area contributed by atoms with Gasteiger partial charge in [0.15, 0.2) is 0 Å². The van der Waals surface area contributed by atoms with Gasteiger partial charge < -0.3 is 14.4 Å². The Morgan fingerprint density at radius 2 is 1.92 bits per heavy atom. The van der Waals surface area contributed by atoms with Crippen LogP contribution in [0.2, 0.25) is 0 Å². The van der Waals surface area contributed by atoms with Crippen molar-refractivity contribution in [3.8, 4) is 5.75 Å². The number of carbonyl (C=O) groups is 1. The highest BCUT2D eigenvalue weighted by atomic mass is 19.1. The molecule has 1 saturated heterocycles. The van der Waals surface area contributed by atoms with Gasteiger partial charge in [-0.3, -0.25) is 4.79 Å². The minimum atomic E-state index is -0.663. The Hall–Kier alpha value is -2.40. The number of carbonyl (C=O) groups excluding carboxylic acids is 1. The number of rotatable bonds is 1. The molecule has 2 aromatic carbocycles. The standard InChI is InChI=1S/C20H20FNO3/c1-14-6-7-15(12-17(14)21)19(23)22-10-8-20(9-11-22)24-13-16-4-2-3-5-18(16)25-20/h2-7,12H,8-11,13H2,1H3. The fourth-order valence-corrected chi connectivity index (χ4v) is 3.37. The predicted octanol–water partition coefficient (Wildman–Crippen LogP) is 3.68. The van der Waals surface area contributed by atoms with Gasteiger partial charge in [-0.15, -0.1) is 0 Å². The van der Waals surface area contributed by atoms with E-state index in [-0.39, 0.29) is 11.7 Å². The zero-order chi connectivity index (χ0) is 17.4. The first-order chi connectivity index (χ1) is 12.1. The second kappa shape index (κ2) is 6.15. The number of halogens is 1. The molecule has 0 bridgehead atoms. The first-order valence-corrected chi connectivity index (χ1v) is 8.53. The Morgan fingerprint density at radius 1 is 1.16 bits per heavy atom. The van der Waals surface area contributed by atoms with Gasteiger partial charge in [0.25, 0.3) is 5.91 Å². The maximum atomic E-state index is 13.7. The number of hydrogen-bond acceptors (Lipinski definition) is 3. The Kier molecular flexibility index (Phi) is 3.96. The van der Waals surface area contributed by atoms with Crippen LogP contribution in [-0.2, 0) is 11.3 Å². The zero-order valence-corrected chi connectivity index (χ0v) is 14.1. The first-order valence-electron chi connectivity index (χ1n) is 8.53. The van der Waals surface area contributed by atoms with E-state index in [1.807, 2.05) is 24.3 Å². The second-order valence-electron chi connectivity index (χ2n) is 6.67. The SMILES string of the molecule is Cc1ccc(C(=O)N2CCC3(CC2)OCc2ccccc2O3)cc1F. The number of nitrogens with zero attached hydrogens (tertiary/aromatic N) is 1. The van der Waals surface area contributed by atoms with E-state index in [0.717, 1.165) is 11.3 Å². The van der Waals surface area contributed by atoms with Gasteiger partial charge in [0.1, 0.15) is 11.6 Å². The van der Waals surface area contributed by atoms with Crippen molar-refractivity contribution in [3.05, 3.63) is 65.0 Å². The number of para-hydroxylation sites is 1. The number of hydrogen-bond donors (Lipinski definition) is 0. The van der Waals surface area contributed by atoms with Crippen molar-refractivity contribution < 1.29 is 18.7 Å². The van der Waals surface area contributed by atoms with Crippen LogP contribution in [0.15, 0.2) is 42.5 Å². The summed E-state index contributed by atoms with van der Waals surface area (Å²) in [5.41, 5.74) is 1.97. The summed E-state index contributed by atoms with van der Waals surface area (Å²) >= 11 is 0. The maximum Gasteiger partial charge on any atom is 0.253 e. The third-order valence-corrected chi connectivity index (χ3v) is 4.99. The van der Waals surface area contributed by atoms with E-state index in [2.05, 4.69) is 0 Å². The van der Waals surface area contributed by atoms with E-state index in [0.29, 0.717) is 43.7 Å². The molecule has 0 N–H and O–H groups in total. The van der Waals surface area contributed by atoms with Crippen LogP contribution in [0, 0.1) is 12.7 Å². The first kappa shape index (κ1) is 16.1. The van der Waals surface area contributed by atoms with E-state index in [9.17, 15) is 9.18 Å². The molecule has 2 heterocycles. The average Bonchev–Trinajstić information content (AvgIpc) is 2.64. The molecule has 0 radical (unpaired) electrons. The van der Waals surface area contributed by atoms with Gasteiger partial charge in [-0.2, -0.15) is 0 Å². The fourth-order valence-electron chi connectivity index (χ4n) is 3.37. The van der Waals surface area contributed by atoms with Gasteiger partial charge in [-0.25, -0.2) is 4.39 Å². The third kappa shape index (κ3) is 3.00. The maximum absolute atomic E-state index is 13.7. The van der Waals surface area contributed by atoms with E-state index in [1.54, 1.807) is 24.0 Å².